The van der Waals surface area contributed by atoms with Crippen molar-refractivity contribution in [1.82, 2.24) is 20.2 Å². The topological polar surface area (TPSA) is 85.1 Å². The highest BCUT2D eigenvalue weighted by atomic mass is 32.2. The van der Waals surface area contributed by atoms with Gasteiger partial charge in [-0.2, -0.15) is 9.78 Å². The smallest absolute Gasteiger partial charge is 0.220 e. The first kappa shape index (κ1) is 15.9. The fourth-order valence-corrected chi connectivity index (χ4v) is 2.58. The van der Waals surface area contributed by atoms with Crippen LogP contribution >= 0.6 is 11.8 Å². The number of tetrazole rings is 1. The van der Waals surface area contributed by atoms with Gasteiger partial charge < -0.3 is 0 Å². The van der Waals surface area contributed by atoms with E-state index in [0.29, 0.717) is 5.16 Å². The van der Waals surface area contributed by atoms with Crippen LogP contribution in [-0.2, 0) is 4.79 Å². The molecule has 0 aliphatic carbocycles. The first-order valence-corrected chi connectivity index (χ1v) is 7.97. The molecule has 0 spiro atoms. The number of nitrogens with zero attached hydrogens (tertiary/aromatic N) is 5. The molecule has 24 heavy (non-hydrogen) atoms. The summed E-state index contributed by atoms with van der Waals surface area (Å²) in [5, 5.41) is 16.5. The third-order valence-corrected chi connectivity index (χ3v) is 4.00. The number of anilines is 1. The molecule has 7 nitrogen and oxygen atoms in total. The van der Waals surface area contributed by atoms with E-state index in [9.17, 15) is 4.79 Å². The highest BCUT2D eigenvalue weighted by molar-refractivity contribution is 8.15. The number of thioether (sulfide) groups is 1. The van der Waals surface area contributed by atoms with E-state index >= 15 is 0 Å². The van der Waals surface area contributed by atoms with Gasteiger partial charge in [0.15, 0.2) is 10.8 Å². The van der Waals surface area contributed by atoms with Gasteiger partial charge in [0.25, 0.3) is 0 Å². The van der Waals surface area contributed by atoms with Crippen molar-refractivity contribution < 1.29 is 4.79 Å². The van der Waals surface area contributed by atoms with Crippen LogP contribution in [0, 0.1) is 0 Å². The summed E-state index contributed by atoms with van der Waals surface area (Å²) in [4.78, 5) is 11.9. The van der Waals surface area contributed by atoms with Crippen LogP contribution in [0.15, 0.2) is 70.9 Å². The summed E-state index contributed by atoms with van der Waals surface area (Å²) in [6, 6.07) is 18.9. The number of aromatic nitrogens is 4. The summed E-state index contributed by atoms with van der Waals surface area (Å²) < 4.78 is 1.56. The number of ketones is 1. The molecule has 0 saturated heterocycles. The second-order valence-corrected chi connectivity index (χ2v) is 5.72. The molecule has 0 atom stereocenters. The second kappa shape index (κ2) is 7.51. The predicted molar refractivity (Wildman–Crippen MR) is 93.2 cm³/mol. The lowest BCUT2D eigenvalue weighted by atomic mass is 10.3. The van der Waals surface area contributed by atoms with Gasteiger partial charge in [-0.1, -0.05) is 36.4 Å². The molecule has 0 aliphatic heterocycles. The van der Waals surface area contributed by atoms with Crippen LogP contribution in [-0.4, -0.2) is 31.0 Å². The lowest BCUT2D eigenvalue weighted by Crippen LogP contribution is -2.10. The number of hydrogen-bond donors (Lipinski definition) is 1. The van der Waals surface area contributed by atoms with E-state index in [0.717, 1.165) is 23.1 Å². The van der Waals surface area contributed by atoms with E-state index < -0.39 is 0 Å². The summed E-state index contributed by atoms with van der Waals surface area (Å²) in [5.74, 6) is -0.175. The van der Waals surface area contributed by atoms with E-state index in [4.69, 9.17) is 0 Å². The quantitative estimate of drug-likeness (QED) is 0.333. The van der Waals surface area contributed by atoms with Gasteiger partial charge >= 0.3 is 0 Å². The molecule has 0 amide bonds. The first-order chi connectivity index (χ1) is 11.7. The van der Waals surface area contributed by atoms with Gasteiger partial charge in [-0.05, 0) is 46.5 Å². The van der Waals surface area contributed by atoms with Gasteiger partial charge in [0.2, 0.25) is 5.16 Å². The van der Waals surface area contributed by atoms with Crippen LogP contribution in [0.5, 0.6) is 0 Å². The van der Waals surface area contributed by atoms with Crippen LogP contribution in [0.3, 0.4) is 0 Å². The van der Waals surface area contributed by atoms with Crippen molar-refractivity contribution in [3.63, 3.8) is 0 Å². The Hall–Kier alpha value is -3.00. The number of carbonyl (C=O) groups is 1. The van der Waals surface area contributed by atoms with Crippen molar-refractivity contribution in [2.45, 2.75) is 12.1 Å². The third-order valence-electron chi connectivity index (χ3n) is 2.99. The minimum Gasteiger partial charge on any atom is -0.292 e. The average molecular weight is 338 g/mol. The van der Waals surface area contributed by atoms with Crippen molar-refractivity contribution in [2.24, 2.45) is 5.10 Å². The number of hydrazone groups is 1. The van der Waals surface area contributed by atoms with Crippen molar-refractivity contribution in [3.8, 4) is 5.69 Å². The molecule has 2 aromatic carbocycles. The molecule has 1 N–H and O–H groups in total. The molecular formula is C16H14N6OS. The number of benzene rings is 2. The third kappa shape index (κ3) is 3.85. The minimum atomic E-state index is -0.175. The molecule has 120 valence electrons. The number of nitrogens with one attached hydrogen (secondary N) is 1. The van der Waals surface area contributed by atoms with Gasteiger partial charge in [0.05, 0.1) is 11.4 Å². The maximum Gasteiger partial charge on any atom is 0.220 e. The molecule has 3 aromatic rings. The Balaban J connectivity index is 1.82. The molecule has 3 rings (SSSR count). The summed E-state index contributed by atoms with van der Waals surface area (Å²) >= 11 is 1.11. The van der Waals surface area contributed by atoms with Crippen LogP contribution in [0.1, 0.15) is 6.92 Å². The van der Waals surface area contributed by atoms with Gasteiger partial charge in [0.1, 0.15) is 0 Å². The fraction of sp³-hybridized carbons (Fsp3) is 0.0625. The van der Waals surface area contributed by atoms with Crippen LogP contribution in [0.4, 0.5) is 5.69 Å². The predicted octanol–water partition coefficient (Wildman–Crippen LogP) is 2.77. The van der Waals surface area contributed by atoms with Crippen molar-refractivity contribution in [2.75, 3.05) is 5.43 Å². The SMILES string of the molecule is CC(=O)/C(=N\Nc1ccccc1)Sc1nnnn1-c1ccccc1. The monoisotopic (exact) mass is 338 g/mol. The molecule has 0 fully saturated rings. The average Bonchev–Trinajstić information content (AvgIpc) is 3.08. The second-order valence-electron chi connectivity index (χ2n) is 4.76. The number of hydrogen-bond acceptors (Lipinski definition) is 7. The van der Waals surface area contributed by atoms with E-state index in [-0.39, 0.29) is 10.8 Å². The summed E-state index contributed by atoms with van der Waals surface area (Å²) in [7, 11) is 0. The largest absolute Gasteiger partial charge is 0.292 e. The normalized spacial score (nSPS) is 11.3. The Bertz CT molecular complexity index is 847. The Morgan fingerprint density at radius 3 is 2.42 bits per heavy atom. The number of rotatable bonds is 5. The molecule has 1 aromatic heterocycles. The highest BCUT2D eigenvalue weighted by Crippen LogP contribution is 2.20. The number of Topliss-reactive ketones (excluding diaryl/α,β-unsaturated/α-hetero) is 1. The Kier molecular flexibility index (Phi) is 4.97. The maximum absolute atomic E-state index is 11.9. The summed E-state index contributed by atoms with van der Waals surface area (Å²) in [6.45, 7) is 1.45. The van der Waals surface area contributed by atoms with Crippen molar-refractivity contribution in [3.05, 3.63) is 60.7 Å². The zero-order valence-electron chi connectivity index (χ0n) is 12.8. The molecule has 1 heterocycles. The lowest BCUT2D eigenvalue weighted by Gasteiger charge is -2.05. The van der Waals surface area contributed by atoms with E-state index in [1.807, 2.05) is 60.7 Å². The Labute approximate surface area is 142 Å². The van der Waals surface area contributed by atoms with Crippen molar-refractivity contribution in [1.29, 1.82) is 0 Å². The first-order valence-electron chi connectivity index (χ1n) is 7.15. The van der Waals surface area contributed by atoms with E-state index in [1.54, 1.807) is 4.68 Å². The van der Waals surface area contributed by atoms with Gasteiger partial charge in [-0.25, -0.2) is 0 Å². The van der Waals surface area contributed by atoms with Gasteiger partial charge in [-0.15, -0.1) is 5.10 Å². The van der Waals surface area contributed by atoms with E-state index in [1.165, 1.54) is 6.92 Å². The Morgan fingerprint density at radius 2 is 1.75 bits per heavy atom. The Morgan fingerprint density at radius 1 is 1.08 bits per heavy atom. The van der Waals surface area contributed by atoms with Crippen LogP contribution < -0.4 is 5.43 Å². The fourth-order valence-electron chi connectivity index (χ4n) is 1.86. The maximum atomic E-state index is 11.9. The van der Waals surface area contributed by atoms with E-state index in [2.05, 4.69) is 26.1 Å². The van der Waals surface area contributed by atoms with Gasteiger partial charge in [-0.3, -0.25) is 10.2 Å². The van der Waals surface area contributed by atoms with Crippen LogP contribution in [0.25, 0.3) is 5.69 Å². The molecule has 0 aliphatic rings. The summed E-state index contributed by atoms with van der Waals surface area (Å²) in [5.41, 5.74) is 4.47. The number of carbonyl (C=O) groups excluding carboxylic acids is 1. The molecule has 0 unspecified atom stereocenters. The summed E-state index contributed by atoms with van der Waals surface area (Å²) in [6.07, 6.45) is 0. The molecule has 0 bridgehead atoms. The molecular weight excluding hydrogens is 324 g/mol. The van der Waals surface area contributed by atoms with Crippen molar-refractivity contribution >= 4 is 28.3 Å². The highest BCUT2D eigenvalue weighted by Gasteiger charge is 2.16. The standard InChI is InChI=1S/C16H14N6OS/c1-12(23)15(18-17-13-8-4-2-5-9-13)24-16-19-20-21-22(16)14-10-6-3-7-11-14/h2-11,17H,1H3/b18-15+. The lowest BCUT2D eigenvalue weighted by molar-refractivity contribution is -0.110. The molecule has 0 saturated carbocycles. The van der Waals surface area contributed by atoms with Gasteiger partial charge in [0, 0.05) is 6.92 Å². The zero-order chi connectivity index (χ0) is 16.8. The number of para-hydroxylation sites is 2. The minimum absolute atomic E-state index is 0.175. The van der Waals surface area contributed by atoms with Crippen LogP contribution in [0.2, 0.25) is 0 Å². The molecule has 0 radical (unpaired) electrons. The molecule has 8 heteroatoms. The zero-order valence-corrected chi connectivity index (χ0v) is 13.6.